The largest absolute Gasteiger partial charge is 0.419 e. The highest BCUT2D eigenvalue weighted by Crippen LogP contribution is 2.25. The first-order chi connectivity index (χ1) is 15.3. The van der Waals surface area contributed by atoms with Gasteiger partial charge >= 0.3 is 11.4 Å². The molecule has 0 atom stereocenters. The second-order valence-electron chi connectivity index (χ2n) is 7.21. The summed E-state index contributed by atoms with van der Waals surface area (Å²) in [5, 5.41) is 13.5. The van der Waals surface area contributed by atoms with Gasteiger partial charge in [-0.2, -0.15) is 4.31 Å². The average molecular weight is 461 g/mol. The molecule has 0 spiro atoms. The minimum atomic E-state index is -3.67. The highest BCUT2D eigenvalue weighted by molar-refractivity contribution is 7.89. The van der Waals surface area contributed by atoms with Crippen LogP contribution in [0.3, 0.4) is 0 Å². The summed E-state index contributed by atoms with van der Waals surface area (Å²) in [6.45, 7) is 0.848. The molecule has 3 aromatic rings. The predicted octanol–water partition coefficient (Wildman–Crippen LogP) is 1.71. The van der Waals surface area contributed by atoms with Crippen molar-refractivity contribution in [2.24, 2.45) is 0 Å². The third-order valence-electron chi connectivity index (χ3n) is 5.18. The summed E-state index contributed by atoms with van der Waals surface area (Å²) < 4.78 is 33.3. The highest BCUT2D eigenvalue weighted by atomic mass is 32.2. The molecule has 1 amide bonds. The quantitative estimate of drug-likeness (QED) is 0.411. The van der Waals surface area contributed by atoms with E-state index in [4.69, 9.17) is 4.42 Å². The van der Waals surface area contributed by atoms with Crippen molar-refractivity contribution >= 4 is 38.4 Å². The number of sulfonamides is 1. The summed E-state index contributed by atoms with van der Waals surface area (Å²) in [4.78, 5) is 38.6. The third-order valence-corrected chi connectivity index (χ3v) is 7.07. The molecule has 0 unspecified atom stereocenters. The van der Waals surface area contributed by atoms with Gasteiger partial charge in [0.1, 0.15) is 11.9 Å². The summed E-state index contributed by atoms with van der Waals surface area (Å²) in [7, 11) is -3.67. The molecule has 1 aromatic carbocycles. The SMILES string of the molecule is O=C(CCn1c(=O)oc2cc(S(=O)(=O)N3CCCC3)ccc21)Nc1ccncc1[N+](=O)[O-]. The Bertz CT molecular complexity index is 1360. The molecule has 1 aliphatic heterocycles. The Morgan fingerprint density at radius 3 is 2.72 bits per heavy atom. The van der Waals surface area contributed by atoms with Crippen molar-refractivity contribution in [1.82, 2.24) is 13.9 Å². The zero-order valence-electron chi connectivity index (χ0n) is 16.8. The van der Waals surface area contributed by atoms with E-state index in [1.54, 1.807) is 0 Å². The molecule has 2 aromatic heterocycles. The number of benzene rings is 1. The number of amides is 1. The van der Waals surface area contributed by atoms with Gasteiger partial charge in [-0.25, -0.2) is 13.2 Å². The third kappa shape index (κ3) is 4.11. The molecule has 1 aliphatic rings. The summed E-state index contributed by atoms with van der Waals surface area (Å²) in [5.74, 6) is -1.29. The van der Waals surface area contributed by atoms with Gasteiger partial charge in [-0.15, -0.1) is 0 Å². The summed E-state index contributed by atoms with van der Waals surface area (Å²) >= 11 is 0. The van der Waals surface area contributed by atoms with Gasteiger partial charge in [-0.1, -0.05) is 0 Å². The van der Waals surface area contributed by atoms with Gasteiger partial charge in [0.15, 0.2) is 5.58 Å². The van der Waals surface area contributed by atoms with Crippen LogP contribution in [0.25, 0.3) is 11.1 Å². The molecule has 1 saturated heterocycles. The van der Waals surface area contributed by atoms with Gasteiger partial charge in [0, 0.05) is 38.3 Å². The van der Waals surface area contributed by atoms with Crippen LogP contribution in [0.2, 0.25) is 0 Å². The van der Waals surface area contributed by atoms with Crippen molar-refractivity contribution in [3.63, 3.8) is 0 Å². The number of hydrogen-bond donors (Lipinski definition) is 1. The van der Waals surface area contributed by atoms with Crippen LogP contribution in [-0.2, 0) is 21.4 Å². The topological polar surface area (TPSA) is 158 Å². The van der Waals surface area contributed by atoms with Gasteiger partial charge in [0.05, 0.1) is 15.3 Å². The normalized spacial score (nSPS) is 14.6. The Balaban J connectivity index is 1.52. The molecule has 3 heterocycles. The number of carbonyl (C=O) groups is 1. The fourth-order valence-corrected chi connectivity index (χ4v) is 5.09. The van der Waals surface area contributed by atoms with Crippen LogP contribution in [0.5, 0.6) is 0 Å². The first-order valence-electron chi connectivity index (χ1n) is 9.79. The van der Waals surface area contributed by atoms with Gasteiger partial charge in [-0.05, 0) is 31.0 Å². The van der Waals surface area contributed by atoms with Crippen LogP contribution in [0, 0.1) is 10.1 Å². The summed E-state index contributed by atoms with van der Waals surface area (Å²) in [5.41, 5.74) is 0.0909. The van der Waals surface area contributed by atoms with Gasteiger partial charge in [0.25, 0.3) is 0 Å². The monoisotopic (exact) mass is 461 g/mol. The molecular formula is C19H19N5O7S. The number of nitro groups is 1. The standard InChI is InChI=1S/C19H19N5O7S/c25-18(21-14-5-7-20-12-16(14)24(27)28)6-10-23-15-4-3-13(11-17(15)31-19(23)26)32(29,30)22-8-1-2-9-22/h3-5,7,11-12H,1-2,6,8-10H2,(H,20,21,25). The van der Waals surface area contributed by atoms with Crippen molar-refractivity contribution in [3.05, 3.63) is 57.3 Å². The van der Waals surface area contributed by atoms with Crippen LogP contribution in [0.15, 0.2) is 50.8 Å². The zero-order chi connectivity index (χ0) is 22.9. The lowest BCUT2D eigenvalue weighted by Crippen LogP contribution is -2.27. The lowest BCUT2D eigenvalue weighted by molar-refractivity contribution is -0.384. The van der Waals surface area contributed by atoms with Crippen LogP contribution in [0.4, 0.5) is 11.4 Å². The lowest BCUT2D eigenvalue weighted by atomic mass is 10.3. The van der Waals surface area contributed by atoms with E-state index in [1.807, 2.05) is 0 Å². The number of pyridine rings is 1. The Morgan fingerprint density at radius 2 is 2.00 bits per heavy atom. The summed E-state index contributed by atoms with van der Waals surface area (Å²) in [6, 6.07) is 5.48. The molecule has 0 saturated carbocycles. The first kappa shape index (κ1) is 21.6. The molecule has 12 nitrogen and oxygen atoms in total. The van der Waals surface area contributed by atoms with E-state index in [1.165, 1.54) is 39.3 Å². The maximum Gasteiger partial charge on any atom is 0.419 e. The average Bonchev–Trinajstić information content (AvgIpc) is 3.40. The number of oxazole rings is 1. The number of fused-ring (bicyclic) bond motifs is 1. The van der Waals surface area contributed by atoms with Crippen molar-refractivity contribution < 1.29 is 22.6 Å². The minimum Gasteiger partial charge on any atom is -0.408 e. The molecular weight excluding hydrogens is 442 g/mol. The van der Waals surface area contributed by atoms with Crippen LogP contribution >= 0.6 is 0 Å². The maximum atomic E-state index is 12.7. The second kappa shape index (κ2) is 8.51. The Hall–Kier alpha value is -3.58. The maximum absolute atomic E-state index is 12.7. The summed E-state index contributed by atoms with van der Waals surface area (Å²) in [6.07, 6.45) is 3.78. The van der Waals surface area contributed by atoms with Crippen molar-refractivity contribution in [2.75, 3.05) is 18.4 Å². The number of nitrogens with one attached hydrogen (secondary N) is 1. The number of rotatable bonds is 7. The number of nitrogens with zero attached hydrogens (tertiary/aromatic N) is 4. The van der Waals surface area contributed by atoms with E-state index in [-0.39, 0.29) is 34.8 Å². The number of carbonyl (C=O) groups excluding carboxylic acids is 1. The number of hydrogen-bond acceptors (Lipinski definition) is 8. The molecule has 1 fully saturated rings. The Kier molecular flexibility index (Phi) is 5.76. The smallest absolute Gasteiger partial charge is 0.408 e. The minimum absolute atomic E-state index is 0.00356. The van der Waals surface area contributed by atoms with Crippen molar-refractivity contribution in [3.8, 4) is 0 Å². The Labute approximate surface area is 181 Å². The number of aryl methyl sites for hydroxylation is 1. The fourth-order valence-electron chi connectivity index (χ4n) is 3.56. The van der Waals surface area contributed by atoms with Crippen molar-refractivity contribution in [1.29, 1.82) is 0 Å². The predicted molar refractivity (Wildman–Crippen MR) is 113 cm³/mol. The van der Waals surface area contributed by atoms with E-state index in [9.17, 15) is 28.1 Å². The molecule has 0 radical (unpaired) electrons. The molecule has 0 aliphatic carbocycles. The highest BCUT2D eigenvalue weighted by Gasteiger charge is 2.28. The molecule has 4 rings (SSSR count). The van der Waals surface area contributed by atoms with E-state index in [2.05, 4.69) is 10.3 Å². The fraction of sp³-hybridized carbons (Fsp3) is 0.316. The van der Waals surface area contributed by atoms with E-state index < -0.39 is 26.6 Å². The van der Waals surface area contributed by atoms with Crippen LogP contribution in [-0.4, -0.2) is 46.2 Å². The Morgan fingerprint density at radius 1 is 1.25 bits per heavy atom. The van der Waals surface area contributed by atoms with Gasteiger partial charge < -0.3 is 9.73 Å². The van der Waals surface area contributed by atoms with Crippen LogP contribution < -0.4 is 11.1 Å². The lowest BCUT2D eigenvalue weighted by Gasteiger charge is -2.15. The van der Waals surface area contributed by atoms with Crippen molar-refractivity contribution in [2.45, 2.75) is 30.7 Å². The molecule has 1 N–H and O–H groups in total. The van der Waals surface area contributed by atoms with E-state index in [0.29, 0.717) is 18.6 Å². The molecule has 168 valence electrons. The molecule has 13 heteroatoms. The molecule has 0 bridgehead atoms. The number of anilines is 1. The van der Waals surface area contributed by atoms with E-state index >= 15 is 0 Å². The second-order valence-corrected chi connectivity index (χ2v) is 9.15. The first-order valence-corrected chi connectivity index (χ1v) is 11.2. The van der Waals surface area contributed by atoms with Gasteiger partial charge in [-0.3, -0.25) is 24.5 Å². The number of aromatic nitrogens is 2. The molecule has 32 heavy (non-hydrogen) atoms. The van der Waals surface area contributed by atoms with E-state index in [0.717, 1.165) is 19.0 Å². The zero-order valence-corrected chi connectivity index (χ0v) is 17.6. The van der Waals surface area contributed by atoms with Gasteiger partial charge in [0.2, 0.25) is 15.9 Å². The van der Waals surface area contributed by atoms with Crippen LogP contribution in [0.1, 0.15) is 19.3 Å².